The monoisotopic (exact) mass is 207 g/mol. The van der Waals surface area contributed by atoms with Crippen LogP contribution in [0.25, 0.3) is 0 Å². The zero-order chi connectivity index (χ0) is 10.5. The molecule has 0 radical (unpaired) electrons. The molecule has 1 aliphatic heterocycles. The summed E-state index contributed by atoms with van der Waals surface area (Å²) in [4.78, 5) is 0. The quantitative estimate of drug-likeness (QED) is 0.661. The highest BCUT2D eigenvalue weighted by molar-refractivity contribution is 5.96. The largest absolute Gasteiger partial charge is 0.379 e. The number of nitrogens with one attached hydrogen (secondary N) is 1. The van der Waals surface area contributed by atoms with Crippen LogP contribution in [-0.4, -0.2) is 32.1 Å². The van der Waals surface area contributed by atoms with E-state index in [9.17, 15) is 0 Å². The van der Waals surface area contributed by atoms with E-state index in [-0.39, 0.29) is 0 Å². The number of fused-ring (bicyclic) bond motifs is 1. The van der Waals surface area contributed by atoms with Gasteiger partial charge in [-0.2, -0.15) is 0 Å². The Kier molecular flexibility index (Phi) is 3.69. The van der Waals surface area contributed by atoms with Gasteiger partial charge in [-0.25, -0.2) is 0 Å². The summed E-state index contributed by atoms with van der Waals surface area (Å²) < 4.78 is 10.9. The van der Waals surface area contributed by atoms with Gasteiger partial charge in [-0.15, -0.1) is 0 Å². The second kappa shape index (κ2) is 5.24. The fraction of sp³-hybridized carbons (Fsp3) is 0.583. The van der Waals surface area contributed by atoms with Gasteiger partial charge in [-0.3, -0.25) is 0 Å². The van der Waals surface area contributed by atoms with Gasteiger partial charge in [0.2, 0.25) is 0 Å². The third kappa shape index (κ3) is 3.01. The predicted molar refractivity (Wildman–Crippen MR) is 59.4 cm³/mol. The van der Waals surface area contributed by atoms with Gasteiger partial charge in [-0.05, 0) is 30.1 Å². The van der Waals surface area contributed by atoms with Crippen LogP contribution in [0.15, 0.2) is 23.3 Å². The lowest BCUT2D eigenvalue weighted by Crippen LogP contribution is -2.13. The summed E-state index contributed by atoms with van der Waals surface area (Å²) in [5.41, 5.74) is 3.31. The van der Waals surface area contributed by atoms with Crippen LogP contribution in [0.1, 0.15) is 19.3 Å². The van der Waals surface area contributed by atoms with Gasteiger partial charge in [-0.1, -0.05) is 6.08 Å². The van der Waals surface area contributed by atoms with Gasteiger partial charge < -0.3 is 14.9 Å². The van der Waals surface area contributed by atoms with E-state index in [0.29, 0.717) is 18.9 Å². The van der Waals surface area contributed by atoms with E-state index < -0.39 is 0 Å². The van der Waals surface area contributed by atoms with Crippen molar-refractivity contribution in [2.75, 3.05) is 26.4 Å². The Morgan fingerprint density at radius 3 is 2.33 bits per heavy atom. The summed E-state index contributed by atoms with van der Waals surface area (Å²) in [6.45, 7) is 2.88. The molecule has 3 heteroatoms. The van der Waals surface area contributed by atoms with Gasteiger partial charge in [0.05, 0.1) is 26.4 Å². The van der Waals surface area contributed by atoms with Gasteiger partial charge >= 0.3 is 0 Å². The molecule has 0 unspecified atom stereocenters. The zero-order valence-corrected chi connectivity index (χ0v) is 8.92. The molecule has 0 amide bonds. The van der Waals surface area contributed by atoms with Gasteiger partial charge in [0.1, 0.15) is 0 Å². The Morgan fingerprint density at radius 1 is 0.933 bits per heavy atom. The highest BCUT2D eigenvalue weighted by atomic mass is 16.5. The first-order chi connectivity index (χ1) is 7.36. The molecule has 0 aromatic rings. The predicted octanol–water partition coefficient (Wildman–Crippen LogP) is 2.09. The molecule has 0 saturated carbocycles. The highest BCUT2D eigenvalue weighted by Gasteiger charge is 2.12. The minimum atomic E-state index is 0.684. The fourth-order valence-electron chi connectivity index (χ4n) is 1.91. The van der Waals surface area contributed by atoms with Crippen molar-refractivity contribution < 1.29 is 9.47 Å². The van der Waals surface area contributed by atoms with Crippen LogP contribution in [0.2, 0.25) is 0 Å². The summed E-state index contributed by atoms with van der Waals surface area (Å²) in [6, 6.07) is 0. The maximum absolute atomic E-state index is 7.64. The second-order valence-electron chi connectivity index (χ2n) is 3.85. The standard InChI is InChI=1S/C12H17NO2/c13-12-2-1-10-3-5-14-7-8-15-6-4-11(10)9-12/h1,9,13H,2-8H2. The van der Waals surface area contributed by atoms with Crippen molar-refractivity contribution in [1.29, 1.82) is 5.41 Å². The summed E-state index contributed by atoms with van der Waals surface area (Å²) in [5.74, 6) is 0. The number of hydrogen-bond acceptors (Lipinski definition) is 3. The first-order valence-electron chi connectivity index (χ1n) is 5.49. The van der Waals surface area contributed by atoms with E-state index in [2.05, 4.69) is 6.08 Å². The van der Waals surface area contributed by atoms with E-state index in [1.807, 2.05) is 6.08 Å². The minimum Gasteiger partial charge on any atom is -0.379 e. The van der Waals surface area contributed by atoms with E-state index >= 15 is 0 Å². The van der Waals surface area contributed by atoms with E-state index in [1.54, 1.807) is 0 Å². The molecule has 1 aliphatic carbocycles. The molecule has 1 N–H and O–H groups in total. The number of ether oxygens (including phenoxy) is 2. The molecule has 15 heavy (non-hydrogen) atoms. The van der Waals surface area contributed by atoms with Crippen LogP contribution in [0, 0.1) is 5.41 Å². The Balaban J connectivity index is 2.05. The van der Waals surface area contributed by atoms with Crippen LogP contribution < -0.4 is 0 Å². The molecule has 3 nitrogen and oxygen atoms in total. The van der Waals surface area contributed by atoms with Crippen LogP contribution in [0.5, 0.6) is 0 Å². The SMILES string of the molecule is N=C1C=C2CCOCCOCCC2=CC1. The lowest BCUT2D eigenvalue weighted by molar-refractivity contribution is 0.0474. The number of allylic oxidation sites excluding steroid dienone is 2. The molecule has 1 saturated heterocycles. The van der Waals surface area contributed by atoms with Crippen LogP contribution >= 0.6 is 0 Å². The van der Waals surface area contributed by atoms with Crippen LogP contribution in [0.4, 0.5) is 0 Å². The molecule has 0 atom stereocenters. The maximum atomic E-state index is 7.64. The van der Waals surface area contributed by atoms with Crippen molar-refractivity contribution in [3.8, 4) is 0 Å². The van der Waals surface area contributed by atoms with E-state index in [4.69, 9.17) is 14.9 Å². The van der Waals surface area contributed by atoms with Gasteiger partial charge in [0.25, 0.3) is 0 Å². The van der Waals surface area contributed by atoms with Gasteiger partial charge in [0.15, 0.2) is 0 Å². The van der Waals surface area contributed by atoms with Crippen LogP contribution in [0.3, 0.4) is 0 Å². The third-order valence-electron chi connectivity index (χ3n) is 2.73. The van der Waals surface area contributed by atoms with Crippen molar-refractivity contribution in [1.82, 2.24) is 0 Å². The first kappa shape index (κ1) is 10.6. The minimum absolute atomic E-state index is 0.684. The molecule has 0 bridgehead atoms. The van der Waals surface area contributed by atoms with E-state index in [1.165, 1.54) is 11.1 Å². The Bertz CT molecular complexity index is 305. The topological polar surface area (TPSA) is 42.3 Å². The van der Waals surface area contributed by atoms with Crippen molar-refractivity contribution in [2.45, 2.75) is 19.3 Å². The van der Waals surface area contributed by atoms with Crippen molar-refractivity contribution in [3.05, 3.63) is 23.3 Å². The molecule has 1 fully saturated rings. The first-order valence-corrected chi connectivity index (χ1v) is 5.49. The molecule has 82 valence electrons. The Hall–Kier alpha value is -0.930. The third-order valence-corrected chi connectivity index (χ3v) is 2.73. The fourth-order valence-corrected chi connectivity index (χ4v) is 1.91. The van der Waals surface area contributed by atoms with Crippen molar-refractivity contribution in [2.24, 2.45) is 0 Å². The second-order valence-corrected chi connectivity index (χ2v) is 3.85. The summed E-state index contributed by atoms with van der Waals surface area (Å²) >= 11 is 0. The molecule has 0 spiro atoms. The molecule has 2 rings (SSSR count). The lowest BCUT2D eigenvalue weighted by Gasteiger charge is -2.18. The molecule has 2 aliphatic rings. The maximum Gasteiger partial charge on any atom is 0.0700 e. The van der Waals surface area contributed by atoms with Crippen LogP contribution in [-0.2, 0) is 9.47 Å². The molecule has 0 aromatic carbocycles. The Labute approximate surface area is 90.3 Å². The molecule has 1 heterocycles. The Morgan fingerprint density at radius 2 is 1.60 bits per heavy atom. The average Bonchev–Trinajstić information content (AvgIpc) is 2.25. The number of rotatable bonds is 0. The summed E-state index contributed by atoms with van der Waals surface area (Å²) in [7, 11) is 0. The molecular weight excluding hydrogens is 190 g/mol. The average molecular weight is 207 g/mol. The molecular formula is C12H17NO2. The van der Waals surface area contributed by atoms with Crippen molar-refractivity contribution in [3.63, 3.8) is 0 Å². The number of hydrogen-bond donors (Lipinski definition) is 1. The van der Waals surface area contributed by atoms with Gasteiger partial charge in [0, 0.05) is 12.1 Å². The smallest absolute Gasteiger partial charge is 0.0700 e. The highest BCUT2D eigenvalue weighted by Crippen LogP contribution is 2.23. The lowest BCUT2D eigenvalue weighted by atomic mass is 9.92. The summed E-state index contributed by atoms with van der Waals surface area (Å²) in [6.07, 6.45) is 6.80. The van der Waals surface area contributed by atoms with E-state index in [0.717, 1.165) is 32.5 Å². The normalized spacial score (nSPS) is 23.9. The summed E-state index contributed by atoms with van der Waals surface area (Å²) in [5, 5.41) is 7.64. The molecule has 0 aromatic heterocycles. The zero-order valence-electron chi connectivity index (χ0n) is 8.92. The van der Waals surface area contributed by atoms with Crippen molar-refractivity contribution >= 4 is 5.71 Å².